The fourth-order valence-electron chi connectivity index (χ4n) is 2.42. The van der Waals surface area contributed by atoms with E-state index in [0.29, 0.717) is 0 Å². The number of aliphatic hydroxyl groups is 1. The van der Waals surface area contributed by atoms with Crippen LogP contribution in [-0.2, 0) is 0 Å². The molecule has 0 amide bonds. The number of aliphatic hydroxyl groups excluding tert-OH is 1. The largest absolute Gasteiger partial charge is 0.491 e. The molecule has 20 heavy (non-hydrogen) atoms. The number of nitrogens with zero attached hydrogens (tertiary/aromatic N) is 2. The Morgan fingerprint density at radius 2 is 2.20 bits per heavy atom. The molecule has 0 fully saturated rings. The standard InChI is InChI=1S/C15H18N2O2S/c1-10-14(11(2)18)20-15(16-10)17-8-5-9-19-13-7-4-3-6-12(13)17/h3-4,6-7,11,18H,5,8-9H2,1-2H3. The molecule has 3 rings (SSSR count). The minimum absolute atomic E-state index is 0.472. The van der Waals surface area contributed by atoms with Crippen LogP contribution in [0.5, 0.6) is 5.75 Å². The van der Waals surface area contributed by atoms with Crippen molar-refractivity contribution in [1.82, 2.24) is 4.98 Å². The van der Waals surface area contributed by atoms with Crippen molar-refractivity contribution >= 4 is 22.2 Å². The van der Waals surface area contributed by atoms with Gasteiger partial charge in [-0.05, 0) is 32.4 Å². The van der Waals surface area contributed by atoms with Gasteiger partial charge in [0.15, 0.2) is 5.13 Å². The van der Waals surface area contributed by atoms with Gasteiger partial charge in [-0.25, -0.2) is 4.98 Å². The van der Waals surface area contributed by atoms with E-state index in [-0.39, 0.29) is 0 Å². The third kappa shape index (κ3) is 2.39. The van der Waals surface area contributed by atoms with Crippen molar-refractivity contribution < 1.29 is 9.84 Å². The lowest BCUT2D eigenvalue weighted by atomic mass is 10.2. The van der Waals surface area contributed by atoms with Crippen molar-refractivity contribution in [2.24, 2.45) is 0 Å². The number of aromatic nitrogens is 1. The minimum atomic E-state index is -0.472. The number of aryl methyl sites for hydroxylation is 1. The van der Waals surface area contributed by atoms with E-state index < -0.39 is 6.10 Å². The predicted octanol–water partition coefficient (Wildman–Crippen LogP) is 3.43. The maximum atomic E-state index is 9.79. The maximum absolute atomic E-state index is 9.79. The Kier molecular flexibility index (Phi) is 3.63. The first-order valence-electron chi connectivity index (χ1n) is 6.81. The highest BCUT2D eigenvalue weighted by Gasteiger charge is 2.22. The monoisotopic (exact) mass is 290 g/mol. The highest BCUT2D eigenvalue weighted by molar-refractivity contribution is 7.15. The van der Waals surface area contributed by atoms with Crippen LogP contribution in [0.1, 0.15) is 30.0 Å². The first-order chi connectivity index (χ1) is 9.66. The summed E-state index contributed by atoms with van der Waals surface area (Å²) in [5.74, 6) is 0.899. The predicted molar refractivity (Wildman–Crippen MR) is 81.0 cm³/mol. The second-order valence-electron chi connectivity index (χ2n) is 4.94. The molecular weight excluding hydrogens is 272 g/mol. The molecule has 0 bridgehead atoms. The van der Waals surface area contributed by atoms with Crippen LogP contribution in [0, 0.1) is 6.92 Å². The van der Waals surface area contributed by atoms with Gasteiger partial charge >= 0.3 is 0 Å². The van der Waals surface area contributed by atoms with Gasteiger partial charge in [0.25, 0.3) is 0 Å². The number of thiazole rings is 1. The quantitative estimate of drug-likeness (QED) is 0.920. The molecular formula is C15H18N2O2S. The van der Waals surface area contributed by atoms with Gasteiger partial charge in [-0.15, -0.1) is 0 Å². The second kappa shape index (κ2) is 5.42. The van der Waals surface area contributed by atoms with Crippen LogP contribution in [0.25, 0.3) is 0 Å². The number of para-hydroxylation sites is 2. The van der Waals surface area contributed by atoms with E-state index in [9.17, 15) is 5.11 Å². The highest BCUT2D eigenvalue weighted by atomic mass is 32.1. The molecule has 1 atom stereocenters. The van der Waals surface area contributed by atoms with Crippen LogP contribution >= 0.6 is 11.3 Å². The van der Waals surface area contributed by atoms with Crippen LogP contribution < -0.4 is 9.64 Å². The first kappa shape index (κ1) is 13.4. The van der Waals surface area contributed by atoms with E-state index >= 15 is 0 Å². The van der Waals surface area contributed by atoms with E-state index in [2.05, 4.69) is 16.0 Å². The van der Waals surface area contributed by atoms with Gasteiger partial charge in [0, 0.05) is 6.54 Å². The Balaban J connectivity index is 2.03. The third-order valence-corrected chi connectivity index (χ3v) is 4.72. The van der Waals surface area contributed by atoms with Crippen molar-refractivity contribution in [3.05, 3.63) is 34.8 Å². The van der Waals surface area contributed by atoms with Crippen LogP contribution in [0.4, 0.5) is 10.8 Å². The molecule has 1 aliphatic heterocycles. The van der Waals surface area contributed by atoms with Crippen molar-refractivity contribution in [1.29, 1.82) is 0 Å². The number of hydrogen-bond acceptors (Lipinski definition) is 5. The number of rotatable bonds is 2. The summed E-state index contributed by atoms with van der Waals surface area (Å²) in [7, 11) is 0. The maximum Gasteiger partial charge on any atom is 0.190 e. The summed E-state index contributed by atoms with van der Waals surface area (Å²) in [6, 6.07) is 8.04. The van der Waals surface area contributed by atoms with Crippen molar-refractivity contribution in [3.63, 3.8) is 0 Å². The molecule has 2 aromatic rings. The zero-order chi connectivity index (χ0) is 14.1. The normalized spacial score (nSPS) is 16.2. The minimum Gasteiger partial charge on any atom is -0.491 e. The van der Waals surface area contributed by atoms with Gasteiger partial charge < -0.3 is 14.7 Å². The molecule has 0 radical (unpaired) electrons. The number of fused-ring (bicyclic) bond motifs is 1. The number of benzene rings is 1. The molecule has 1 N–H and O–H groups in total. The number of hydrogen-bond donors (Lipinski definition) is 1. The van der Waals surface area contributed by atoms with E-state index in [1.807, 2.05) is 25.1 Å². The smallest absolute Gasteiger partial charge is 0.190 e. The zero-order valence-corrected chi connectivity index (χ0v) is 12.5. The first-order valence-corrected chi connectivity index (χ1v) is 7.63. The van der Waals surface area contributed by atoms with Crippen molar-refractivity contribution in [2.75, 3.05) is 18.1 Å². The average Bonchev–Trinajstić information content (AvgIpc) is 2.70. The number of ether oxygens (including phenoxy) is 1. The van der Waals surface area contributed by atoms with Crippen LogP contribution in [-0.4, -0.2) is 23.2 Å². The van der Waals surface area contributed by atoms with Crippen molar-refractivity contribution in [2.45, 2.75) is 26.4 Å². The van der Waals surface area contributed by atoms with E-state index in [4.69, 9.17) is 4.74 Å². The topological polar surface area (TPSA) is 45.6 Å². The Hall–Kier alpha value is -1.59. The van der Waals surface area contributed by atoms with Gasteiger partial charge in [-0.1, -0.05) is 23.5 Å². The van der Waals surface area contributed by atoms with E-state index in [1.165, 1.54) is 0 Å². The summed E-state index contributed by atoms with van der Waals surface area (Å²) in [6.45, 7) is 5.33. The number of anilines is 2. The summed E-state index contributed by atoms with van der Waals surface area (Å²) in [5.41, 5.74) is 1.96. The van der Waals surface area contributed by atoms with E-state index in [0.717, 1.165) is 46.7 Å². The van der Waals surface area contributed by atoms with Gasteiger partial charge in [0.1, 0.15) is 5.75 Å². The molecule has 1 aliphatic rings. The second-order valence-corrected chi connectivity index (χ2v) is 5.95. The molecule has 0 aliphatic carbocycles. The lowest BCUT2D eigenvalue weighted by Crippen LogP contribution is -2.17. The lowest BCUT2D eigenvalue weighted by molar-refractivity contribution is 0.202. The van der Waals surface area contributed by atoms with Crippen LogP contribution in [0.3, 0.4) is 0 Å². The molecule has 2 heterocycles. The molecule has 1 aromatic heterocycles. The molecule has 1 aromatic carbocycles. The summed E-state index contributed by atoms with van der Waals surface area (Å²) in [6.07, 6.45) is 0.483. The third-order valence-electron chi connectivity index (χ3n) is 3.37. The molecule has 5 heteroatoms. The van der Waals surface area contributed by atoms with Crippen LogP contribution in [0.15, 0.2) is 24.3 Å². The van der Waals surface area contributed by atoms with Gasteiger partial charge in [-0.3, -0.25) is 0 Å². The molecule has 0 spiro atoms. The summed E-state index contributed by atoms with van der Waals surface area (Å²) >= 11 is 1.56. The zero-order valence-electron chi connectivity index (χ0n) is 11.7. The lowest BCUT2D eigenvalue weighted by Gasteiger charge is -2.20. The molecule has 106 valence electrons. The summed E-state index contributed by atoms with van der Waals surface area (Å²) < 4.78 is 5.77. The highest BCUT2D eigenvalue weighted by Crippen LogP contribution is 2.39. The van der Waals surface area contributed by atoms with Crippen molar-refractivity contribution in [3.8, 4) is 5.75 Å². The van der Waals surface area contributed by atoms with E-state index in [1.54, 1.807) is 18.3 Å². The van der Waals surface area contributed by atoms with Gasteiger partial charge in [0.05, 0.1) is 29.0 Å². The average molecular weight is 290 g/mol. The molecule has 1 unspecified atom stereocenters. The van der Waals surface area contributed by atoms with Gasteiger partial charge in [0.2, 0.25) is 0 Å². The fraction of sp³-hybridized carbons (Fsp3) is 0.400. The van der Waals surface area contributed by atoms with Crippen LogP contribution in [0.2, 0.25) is 0 Å². The molecule has 4 nitrogen and oxygen atoms in total. The molecule has 0 saturated carbocycles. The Morgan fingerprint density at radius 1 is 1.40 bits per heavy atom. The molecule has 0 saturated heterocycles. The Labute approximate surface area is 122 Å². The summed E-state index contributed by atoms with van der Waals surface area (Å²) in [4.78, 5) is 7.74. The summed E-state index contributed by atoms with van der Waals surface area (Å²) in [5, 5.41) is 10.7. The SMILES string of the molecule is Cc1nc(N2CCCOc3ccccc32)sc1C(C)O. The Bertz CT molecular complexity index is 610. The Morgan fingerprint density at radius 3 is 2.95 bits per heavy atom. The van der Waals surface area contributed by atoms with Gasteiger partial charge in [-0.2, -0.15) is 0 Å². The fourth-order valence-corrected chi connectivity index (χ4v) is 3.47.